The molecule has 13 heavy (non-hydrogen) atoms. The Morgan fingerprint density at radius 2 is 2.62 bits per heavy atom. The number of aromatic nitrogens is 1. The second-order valence-corrected chi connectivity index (χ2v) is 4.89. The van der Waals surface area contributed by atoms with Crippen molar-refractivity contribution in [2.24, 2.45) is 5.92 Å². The Hall–Kier alpha value is -0.410. The molecule has 0 aromatic carbocycles. The highest BCUT2D eigenvalue weighted by Gasteiger charge is 2.16. The number of rotatable bonds is 2. The summed E-state index contributed by atoms with van der Waals surface area (Å²) in [5.41, 5.74) is 0. The van der Waals surface area contributed by atoms with Crippen LogP contribution in [0.15, 0.2) is 11.6 Å². The van der Waals surface area contributed by atoms with E-state index in [4.69, 9.17) is 0 Å². The molecule has 0 aliphatic carbocycles. The summed E-state index contributed by atoms with van der Waals surface area (Å²) >= 11 is 1.77. The fourth-order valence-electron chi connectivity index (χ4n) is 1.95. The van der Waals surface area contributed by atoms with Gasteiger partial charge in [-0.2, -0.15) is 0 Å². The number of thiazole rings is 1. The van der Waals surface area contributed by atoms with Crippen LogP contribution in [0.2, 0.25) is 0 Å². The molecule has 1 aliphatic heterocycles. The van der Waals surface area contributed by atoms with Crippen molar-refractivity contribution in [3.8, 4) is 0 Å². The molecule has 0 spiro atoms. The third-order valence-corrected chi connectivity index (χ3v) is 3.35. The zero-order valence-corrected chi connectivity index (χ0v) is 8.89. The fraction of sp³-hybridized carbons (Fsp3) is 0.700. The van der Waals surface area contributed by atoms with Gasteiger partial charge >= 0.3 is 0 Å². The van der Waals surface area contributed by atoms with Gasteiger partial charge in [-0.05, 0) is 25.3 Å². The van der Waals surface area contributed by atoms with E-state index in [-0.39, 0.29) is 0 Å². The van der Waals surface area contributed by atoms with Crippen molar-refractivity contribution < 1.29 is 0 Å². The number of likely N-dealkylation sites (tertiary alicyclic amines) is 1. The van der Waals surface area contributed by atoms with Crippen LogP contribution in [-0.2, 0) is 6.54 Å². The Labute approximate surface area is 83.6 Å². The first kappa shape index (κ1) is 9.16. The van der Waals surface area contributed by atoms with Crippen molar-refractivity contribution in [2.45, 2.75) is 26.3 Å². The predicted molar refractivity (Wildman–Crippen MR) is 55.8 cm³/mol. The van der Waals surface area contributed by atoms with Gasteiger partial charge in [0.05, 0.1) is 6.54 Å². The first-order valence-corrected chi connectivity index (χ1v) is 5.83. The first-order chi connectivity index (χ1) is 6.34. The normalized spacial score (nSPS) is 24.8. The van der Waals surface area contributed by atoms with E-state index in [1.807, 2.05) is 6.20 Å². The van der Waals surface area contributed by atoms with E-state index in [1.54, 1.807) is 11.3 Å². The highest BCUT2D eigenvalue weighted by atomic mass is 32.1. The first-order valence-electron chi connectivity index (χ1n) is 4.95. The van der Waals surface area contributed by atoms with Gasteiger partial charge in [-0.1, -0.05) is 6.92 Å². The monoisotopic (exact) mass is 196 g/mol. The Kier molecular flexibility index (Phi) is 2.96. The molecule has 1 aliphatic rings. The summed E-state index contributed by atoms with van der Waals surface area (Å²) < 4.78 is 0. The van der Waals surface area contributed by atoms with Gasteiger partial charge in [-0.3, -0.25) is 4.90 Å². The summed E-state index contributed by atoms with van der Waals surface area (Å²) in [5, 5.41) is 3.32. The van der Waals surface area contributed by atoms with E-state index in [0.717, 1.165) is 12.5 Å². The summed E-state index contributed by atoms with van der Waals surface area (Å²) in [6.07, 6.45) is 4.65. The molecule has 1 saturated heterocycles. The second-order valence-electron chi connectivity index (χ2n) is 3.91. The van der Waals surface area contributed by atoms with Gasteiger partial charge < -0.3 is 0 Å². The van der Waals surface area contributed by atoms with Crippen molar-refractivity contribution >= 4 is 11.3 Å². The third-order valence-electron chi connectivity index (χ3n) is 2.58. The van der Waals surface area contributed by atoms with Gasteiger partial charge in [0.2, 0.25) is 0 Å². The van der Waals surface area contributed by atoms with Crippen LogP contribution < -0.4 is 0 Å². The lowest BCUT2D eigenvalue weighted by atomic mass is 10.0. The molecule has 2 rings (SSSR count). The van der Waals surface area contributed by atoms with E-state index in [9.17, 15) is 0 Å². The highest BCUT2D eigenvalue weighted by molar-refractivity contribution is 7.09. The van der Waals surface area contributed by atoms with Crippen LogP contribution in [0, 0.1) is 5.92 Å². The molecular formula is C10H16N2S. The molecule has 0 saturated carbocycles. The zero-order chi connectivity index (χ0) is 9.10. The van der Waals surface area contributed by atoms with Gasteiger partial charge in [0.15, 0.2) is 0 Å². The summed E-state index contributed by atoms with van der Waals surface area (Å²) in [7, 11) is 0. The predicted octanol–water partition coefficient (Wildman–Crippen LogP) is 2.38. The standard InChI is InChI=1S/C10H16N2S/c1-9-3-2-5-12(7-9)8-10-11-4-6-13-10/h4,6,9H,2-3,5,7-8H2,1H3/t9-/m1/s1. The quantitative estimate of drug-likeness (QED) is 0.722. The molecule has 0 bridgehead atoms. The van der Waals surface area contributed by atoms with E-state index >= 15 is 0 Å². The molecule has 2 heterocycles. The lowest BCUT2D eigenvalue weighted by molar-refractivity contribution is 0.176. The van der Waals surface area contributed by atoms with Crippen LogP contribution >= 0.6 is 11.3 Å². The van der Waals surface area contributed by atoms with Crippen molar-refractivity contribution in [3.63, 3.8) is 0 Å². The molecule has 2 nitrogen and oxygen atoms in total. The maximum Gasteiger partial charge on any atom is 0.107 e. The zero-order valence-electron chi connectivity index (χ0n) is 8.07. The molecule has 1 atom stereocenters. The van der Waals surface area contributed by atoms with Crippen LogP contribution in [0.5, 0.6) is 0 Å². The van der Waals surface area contributed by atoms with Gasteiger partial charge in [-0.15, -0.1) is 11.3 Å². The van der Waals surface area contributed by atoms with Crippen molar-refractivity contribution in [2.75, 3.05) is 13.1 Å². The lowest BCUT2D eigenvalue weighted by Crippen LogP contribution is -2.33. The Morgan fingerprint density at radius 1 is 1.69 bits per heavy atom. The van der Waals surface area contributed by atoms with E-state index in [2.05, 4.69) is 22.2 Å². The Morgan fingerprint density at radius 3 is 3.31 bits per heavy atom. The van der Waals surface area contributed by atoms with Gasteiger partial charge in [0.1, 0.15) is 5.01 Å². The SMILES string of the molecule is C[C@@H]1CCCN(Cc2nccs2)C1. The topological polar surface area (TPSA) is 16.1 Å². The van der Waals surface area contributed by atoms with E-state index < -0.39 is 0 Å². The third kappa shape index (κ3) is 2.51. The highest BCUT2D eigenvalue weighted by Crippen LogP contribution is 2.18. The number of hydrogen-bond acceptors (Lipinski definition) is 3. The number of piperidine rings is 1. The molecule has 0 radical (unpaired) electrons. The minimum absolute atomic E-state index is 0.869. The molecule has 0 N–H and O–H groups in total. The largest absolute Gasteiger partial charge is 0.296 e. The maximum absolute atomic E-state index is 4.31. The molecule has 0 amide bonds. The smallest absolute Gasteiger partial charge is 0.107 e. The minimum atomic E-state index is 0.869. The summed E-state index contributed by atoms with van der Waals surface area (Å²) in [6, 6.07) is 0. The summed E-state index contributed by atoms with van der Waals surface area (Å²) in [4.78, 5) is 6.83. The minimum Gasteiger partial charge on any atom is -0.296 e. The average molecular weight is 196 g/mol. The van der Waals surface area contributed by atoms with Crippen LogP contribution in [0.25, 0.3) is 0 Å². The maximum atomic E-state index is 4.31. The molecule has 1 aromatic heterocycles. The molecule has 72 valence electrons. The van der Waals surface area contributed by atoms with Crippen molar-refractivity contribution in [1.29, 1.82) is 0 Å². The molecular weight excluding hydrogens is 180 g/mol. The Balaban J connectivity index is 1.87. The molecule has 1 aromatic rings. The lowest BCUT2D eigenvalue weighted by Gasteiger charge is -2.29. The Bertz CT molecular complexity index is 245. The molecule has 1 fully saturated rings. The van der Waals surface area contributed by atoms with Crippen LogP contribution in [0.1, 0.15) is 24.8 Å². The van der Waals surface area contributed by atoms with Crippen LogP contribution in [0.3, 0.4) is 0 Å². The van der Waals surface area contributed by atoms with Gasteiger partial charge in [0.25, 0.3) is 0 Å². The van der Waals surface area contributed by atoms with E-state index in [1.165, 1.54) is 30.9 Å². The average Bonchev–Trinajstić information content (AvgIpc) is 2.57. The van der Waals surface area contributed by atoms with E-state index in [0.29, 0.717) is 0 Å². The second kappa shape index (κ2) is 4.20. The van der Waals surface area contributed by atoms with Gasteiger partial charge in [-0.25, -0.2) is 4.98 Å². The molecule has 3 heteroatoms. The van der Waals surface area contributed by atoms with Crippen molar-refractivity contribution in [1.82, 2.24) is 9.88 Å². The summed E-state index contributed by atoms with van der Waals surface area (Å²) in [6.45, 7) is 5.90. The van der Waals surface area contributed by atoms with Gasteiger partial charge in [0, 0.05) is 18.1 Å². The number of nitrogens with zero attached hydrogens (tertiary/aromatic N) is 2. The van der Waals surface area contributed by atoms with Crippen LogP contribution in [0.4, 0.5) is 0 Å². The van der Waals surface area contributed by atoms with Crippen LogP contribution in [-0.4, -0.2) is 23.0 Å². The summed E-state index contributed by atoms with van der Waals surface area (Å²) in [5.74, 6) is 0.869. The fourth-order valence-corrected chi connectivity index (χ4v) is 2.61. The van der Waals surface area contributed by atoms with Crippen molar-refractivity contribution in [3.05, 3.63) is 16.6 Å². The number of hydrogen-bond donors (Lipinski definition) is 0. The molecule has 0 unspecified atom stereocenters.